The van der Waals surface area contributed by atoms with Crippen molar-refractivity contribution >= 4 is 5.97 Å². The van der Waals surface area contributed by atoms with E-state index in [0.717, 1.165) is 19.3 Å². The highest BCUT2D eigenvalue weighted by Crippen LogP contribution is 2.45. The lowest BCUT2D eigenvalue weighted by atomic mass is 9.64. The molecule has 0 saturated heterocycles. The Morgan fingerprint density at radius 1 is 1.47 bits per heavy atom. The molecule has 94 valence electrons. The van der Waals surface area contributed by atoms with E-state index in [1.807, 2.05) is 0 Å². The smallest absolute Gasteiger partial charge is 0.331 e. The average molecular weight is 234 g/mol. The predicted molar refractivity (Wildman–Crippen MR) is 68.6 cm³/mol. The first-order valence-corrected chi connectivity index (χ1v) is 6.61. The van der Waals surface area contributed by atoms with Crippen molar-refractivity contribution in [3.05, 3.63) is 23.3 Å². The third-order valence-electron chi connectivity index (χ3n) is 4.51. The normalized spacial score (nSPS) is 32.8. The summed E-state index contributed by atoms with van der Waals surface area (Å²) in [4.78, 5) is 11.1. The lowest BCUT2D eigenvalue weighted by Gasteiger charge is -2.41. The molecule has 2 aliphatic carbocycles. The van der Waals surface area contributed by atoms with Crippen molar-refractivity contribution < 1.29 is 9.90 Å². The van der Waals surface area contributed by atoms with Crippen LogP contribution in [0.3, 0.4) is 0 Å². The van der Waals surface area contributed by atoms with Crippen LogP contribution in [0.2, 0.25) is 0 Å². The number of carbonyl (C=O) groups is 1. The number of hydrogen-bond acceptors (Lipinski definition) is 1. The van der Waals surface area contributed by atoms with E-state index >= 15 is 0 Å². The maximum Gasteiger partial charge on any atom is 0.331 e. The van der Waals surface area contributed by atoms with Crippen molar-refractivity contribution in [2.24, 2.45) is 23.7 Å². The third-order valence-corrected chi connectivity index (χ3v) is 4.51. The third kappa shape index (κ3) is 2.31. The Morgan fingerprint density at radius 3 is 2.76 bits per heavy atom. The molecule has 1 N–H and O–H groups in total. The topological polar surface area (TPSA) is 37.3 Å². The zero-order chi connectivity index (χ0) is 12.6. The summed E-state index contributed by atoms with van der Waals surface area (Å²) in [7, 11) is 0. The summed E-state index contributed by atoms with van der Waals surface area (Å²) in [5.74, 6) is 1.53. The fourth-order valence-electron chi connectivity index (χ4n) is 3.41. The van der Waals surface area contributed by atoms with Gasteiger partial charge in [0.1, 0.15) is 0 Å². The molecule has 0 aliphatic heterocycles. The van der Waals surface area contributed by atoms with Gasteiger partial charge in [-0.2, -0.15) is 0 Å². The molecule has 0 aromatic carbocycles. The number of allylic oxidation sites excluding steroid dienone is 3. The van der Waals surface area contributed by atoms with Gasteiger partial charge in [-0.1, -0.05) is 31.6 Å². The Balaban J connectivity index is 2.31. The SMILES string of the molecule is CC1=CC[C@@H](C(C)C)[C@H]2C=C(C(=O)O)CC[C@@H]12. The molecule has 2 nitrogen and oxygen atoms in total. The highest BCUT2D eigenvalue weighted by molar-refractivity contribution is 5.86. The van der Waals surface area contributed by atoms with Gasteiger partial charge in [-0.25, -0.2) is 4.79 Å². The zero-order valence-corrected chi connectivity index (χ0v) is 10.9. The van der Waals surface area contributed by atoms with Crippen LogP contribution in [-0.4, -0.2) is 11.1 Å². The lowest BCUT2D eigenvalue weighted by Crippen LogP contribution is -2.33. The molecular formula is C15H22O2. The summed E-state index contributed by atoms with van der Waals surface area (Å²) in [6, 6.07) is 0. The number of carboxylic acid groups (broad SMARTS) is 1. The Kier molecular flexibility index (Phi) is 3.41. The molecule has 0 aromatic heterocycles. The number of hydrogen-bond donors (Lipinski definition) is 1. The van der Waals surface area contributed by atoms with Crippen LogP contribution in [0.1, 0.15) is 40.0 Å². The van der Waals surface area contributed by atoms with Gasteiger partial charge in [0, 0.05) is 5.57 Å². The van der Waals surface area contributed by atoms with Crippen molar-refractivity contribution in [2.45, 2.75) is 40.0 Å². The summed E-state index contributed by atoms with van der Waals surface area (Å²) in [6.07, 6.45) is 7.26. The molecule has 0 spiro atoms. The molecule has 0 aromatic rings. The molecule has 0 fully saturated rings. The first-order chi connectivity index (χ1) is 8.00. The standard InChI is InChI=1S/C15H22O2/c1-9(2)12-6-4-10(3)13-7-5-11(15(16)17)8-14(12)13/h4,8-9,12-14H,5-7H2,1-3H3,(H,16,17)/t12-,13-,14+/m0/s1. The van der Waals surface area contributed by atoms with E-state index in [2.05, 4.69) is 32.9 Å². The van der Waals surface area contributed by atoms with Crippen molar-refractivity contribution in [3.8, 4) is 0 Å². The zero-order valence-electron chi connectivity index (χ0n) is 10.9. The van der Waals surface area contributed by atoms with Gasteiger partial charge in [-0.15, -0.1) is 0 Å². The second-order valence-electron chi connectivity index (χ2n) is 5.81. The molecule has 0 unspecified atom stereocenters. The maximum absolute atomic E-state index is 11.1. The van der Waals surface area contributed by atoms with Crippen molar-refractivity contribution in [1.82, 2.24) is 0 Å². The molecule has 0 bridgehead atoms. The van der Waals surface area contributed by atoms with E-state index in [9.17, 15) is 4.79 Å². The minimum absolute atomic E-state index is 0.444. The molecule has 0 heterocycles. The molecule has 0 saturated carbocycles. The van der Waals surface area contributed by atoms with Gasteiger partial charge in [0.2, 0.25) is 0 Å². The molecule has 0 radical (unpaired) electrons. The van der Waals surface area contributed by atoms with Crippen LogP contribution in [0.4, 0.5) is 0 Å². The summed E-state index contributed by atoms with van der Waals surface area (Å²) in [5.41, 5.74) is 2.10. The van der Waals surface area contributed by atoms with Gasteiger partial charge in [-0.05, 0) is 49.9 Å². The van der Waals surface area contributed by atoms with Crippen LogP contribution in [0, 0.1) is 23.7 Å². The predicted octanol–water partition coefficient (Wildman–Crippen LogP) is 3.65. The highest BCUT2D eigenvalue weighted by Gasteiger charge is 2.36. The monoisotopic (exact) mass is 234 g/mol. The van der Waals surface area contributed by atoms with E-state index in [0.29, 0.717) is 29.2 Å². The quantitative estimate of drug-likeness (QED) is 0.740. The van der Waals surface area contributed by atoms with Crippen molar-refractivity contribution in [2.75, 3.05) is 0 Å². The van der Waals surface area contributed by atoms with Crippen LogP contribution < -0.4 is 0 Å². The van der Waals surface area contributed by atoms with Crippen LogP contribution >= 0.6 is 0 Å². The second kappa shape index (κ2) is 4.67. The second-order valence-corrected chi connectivity index (χ2v) is 5.81. The largest absolute Gasteiger partial charge is 0.478 e. The van der Waals surface area contributed by atoms with Crippen molar-refractivity contribution in [3.63, 3.8) is 0 Å². The van der Waals surface area contributed by atoms with E-state index in [1.54, 1.807) is 0 Å². The number of carboxylic acids is 1. The lowest BCUT2D eigenvalue weighted by molar-refractivity contribution is -0.133. The van der Waals surface area contributed by atoms with Gasteiger partial charge in [-0.3, -0.25) is 0 Å². The van der Waals surface area contributed by atoms with E-state index in [1.165, 1.54) is 5.57 Å². The first kappa shape index (κ1) is 12.4. The van der Waals surface area contributed by atoms with E-state index in [-0.39, 0.29) is 0 Å². The van der Waals surface area contributed by atoms with Crippen LogP contribution in [0.25, 0.3) is 0 Å². The Labute approximate surface area is 103 Å². The maximum atomic E-state index is 11.1. The Hall–Kier alpha value is -1.05. The number of rotatable bonds is 2. The van der Waals surface area contributed by atoms with Crippen LogP contribution in [0.15, 0.2) is 23.3 Å². The minimum Gasteiger partial charge on any atom is -0.478 e. The molecule has 2 aliphatic rings. The summed E-state index contributed by atoms with van der Waals surface area (Å²) in [6.45, 7) is 6.70. The van der Waals surface area contributed by atoms with Gasteiger partial charge in [0.15, 0.2) is 0 Å². The van der Waals surface area contributed by atoms with Gasteiger partial charge < -0.3 is 5.11 Å². The van der Waals surface area contributed by atoms with Gasteiger partial charge in [0.25, 0.3) is 0 Å². The molecular weight excluding hydrogens is 212 g/mol. The van der Waals surface area contributed by atoms with Gasteiger partial charge >= 0.3 is 5.97 Å². The highest BCUT2D eigenvalue weighted by atomic mass is 16.4. The first-order valence-electron chi connectivity index (χ1n) is 6.61. The number of fused-ring (bicyclic) bond motifs is 1. The average Bonchev–Trinajstić information content (AvgIpc) is 2.28. The fourth-order valence-corrected chi connectivity index (χ4v) is 3.41. The molecule has 3 atom stereocenters. The van der Waals surface area contributed by atoms with Crippen LogP contribution in [0.5, 0.6) is 0 Å². The van der Waals surface area contributed by atoms with E-state index < -0.39 is 5.97 Å². The minimum atomic E-state index is -0.724. The fraction of sp³-hybridized carbons (Fsp3) is 0.667. The summed E-state index contributed by atoms with van der Waals surface area (Å²) < 4.78 is 0. The number of aliphatic carboxylic acids is 1. The Morgan fingerprint density at radius 2 is 2.18 bits per heavy atom. The summed E-state index contributed by atoms with van der Waals surface area (Å²) in [5, 5.41) is 9.14. The van der Waals surface area contributed by atoms with E-state index in [4.69, 9.17) is 5.11 Å². The van der Waals surface area contributed by atoms with Crippen LogP contribution in [-0.2, 0) is 4.79 Å². The molecule has 0 amide bonds. The molecule has 2 rings (SSSR count). The van der Waals surface area contributed by atoms with Gasteiger partial charge in [0.05, 0.1) is 0 Å². The molecule has 17 heavy (non-hydrogen) atoms. The Bertz CT molecular complexity index is 376. The summed E-state index contributed by atoms with van der Waals surface area (Å²) >= 11 is 0. The van der Waals surface area contributed by atoms with Crippen molar-refractivity contribution in [1.29, 1.82) is 0 Å². The molecule has 2 heteroatoms.